The lowest BCUT2D eigenvalue weighted by Crippen LogP contribution is -2.02. The Morgan fingerprint density at radius 3 is 2.95 bits per heavy atom. The van der Waals surface area contributed by atoms with Crippen LogP contribution in [0.4, 0.5) is 0 Å². The minimum absolute atomic E-state index is 0.0774. The van der Waals surface area contributed by atoms with Gasteiger partial charge in [-0.1, -0.05) is 35.3 Å². The predicted octanol–water partition coefficient (Wildman–Crippen LogP) is 4.16. The number of rotatable bonds is 3. The quantitative estimate of drug-likeness (QED) is 0.630. The zero-order valence-electron chi connectivity index (χ0n) is 10.2. The lowest BCUT2D eigenvalue weighted by atomic mass is 10.1. The van der Waals surface area contributed by atoms with Crippen LogP contribution < -0.4 is 0 Å². The van der Waals surface area contributed by atoms with Gasteiger partial charge in [0.15, 0.2) is 0 Å². The molecule has 0 aliphatic carbocycles. The lowest BCUT2D eigenvalue weighted by molar-refractivity contribution is -0.138. The number of nitrogens with zero attached hydrogens (tertiary/aromatic N) is 1. The minimum atomic E-state index is -0.412. The molecule has 0 amide bonds. The molecule has 2 aromatic rings. The minimum Gasteiger partial charge on any atom is -0.458 e. The van der Waals surface area contributed by atoms with Crippen LogP contribution in [0.5, 0.6) is 0 Å². The Balaban J connectivity index is 2.36. The van der Waals surface area contributed by atoms with Crippen molar-refractivity contribution in [2.45, 2.75) is 13.5 Å². The first-order valence-electron chi connectivity index (χ1n) is 5.64. The number of carbonyl (C=O) groups excluding carboxylic acids is 1. The van der Waals surface area contributed by atoms with Gasteiger partial charge in [-0.3, -0.25) is 4.98 Å². The summed E-state index contributed by atoms with van der Waals surface area (Å²) >= 11 is 12.0. The number of esters is 1. The van der Waals surface area contributed by atoms with E-state index in [0.29, 0.717) is 21.1 Å². The van der Waals surface area contributed by atoms with E-state index in [4.69, 9.17) is 27.9 Å². The van der Waals surface area contributed by atoms with Gasteiger partial charge in [0.1, 0.15) is 6.61 Å². The largest absolute Gasteiger partial charge is 0.458 e. The van der Waals surface area contributed by atoms with Gasteiger partial charge in [-0.25, -0.2) is 4.79 Å². The van der Waals surface area contributed by atoms with Gasteiger partial charge < -0.3 is 4.74 Å². The Kier molecular flexibility index (Phi) is 4.40. The molecule has 1 aromatic carbocycles. The van der Waals surface area contributed by atoms with Crippen LogP contribution in [0.3, 0.4) is 0 Å². The zero-order chi connectivity index (χ0) is 13.8. The van der Waals surface area contributed by atoms with Crippen molar-refractivity contribution in [3.8, 4) is 0 Å². The van der Waals surface area contributed by atoms with Gasteiger partial charge in [0.25, 0.3) is 0 Å². The molecule has 19 heavy (non-hydrogen) atoms. The van der Waals surface area contributed by atoms with Crippen LogP contribution in [-0.4, -0.2) is 11.0 Å². The normalized spacial score (nSPS) is 11.1. The molecule has 0 saturated heterocycles. The van der Waals surface area contributed by atoms with E-state index in [-0.39, 0.29) is 6.61 Å². The van der Waals surface area contributed by atoms with E-state index in [1.54, 1.807) is 25.1 Å². The molecule has 0 aliphatic rings. The Hall–Kier alpha value is -1.58. The van der Waals surface area contributed by atoms with Crippen molar-refractivity contribution in [3.05, 3.63) is 52.2 Å². The van der Waals surface area contributed by atoms with Crippen LogP contribution in [0.25, 0.3) is 10.9 Å². The maximum Gasteiger partial charge on any atom is 0.330 e. The third-order valence-electron chi connectivity index (χ3n) is 2.53. The molecule has 2 rings (SSSR count). The summed E-state index contributed by atoms with van der Waals surface area (Å²) in [6, 6.07) is 5.35. The molecule has 0 fully saturated rings. The molecule has 1 aromatic heterocycles. The Labute approximate surface area is 120 Å². The summed E-state index contributed by atoms with van der Waals surface area (Å²) in [5.41, 5.74) is 1.36. The van der Waals surface area contributed by atoms with Crippen molar-refractivity contribution >= 4 is 40.1 Å². The first-order chi connectivity index (χ1) is 9.11. The highest BCUT2D eigenvalue weighted by Crippen LogP contribution is 2.27. The van der Waals surface area contributed by atoms with Gasteiger partial charge in [0.2, 0.25) is 0 Å². The molecule has 0 aliphatic heterocycles. The van der Waals surface area contributed by atoms with E-state index < -0.39 is 5.97 Å². The molecule has 1 heterocycles. The van der Waals surface area contributed by atoms with Crippen LogP contribution in [-0.2, 0) is 16.1 Å². The number of hydrogen-bond acceptors (Lipinski definition) is 3. The van der Waals surface area contributed by atoms with Gasteiger partial charge in [0.05, 0.1) is 10.5 Å². The average molecular weight is 296 g/mol. The maximum absolute atomic E-state index is 11.3. The van der Waals surface area contributed by atoms with Crippen LogP contribution in [0.1, 0.15) is 12.5 Å². The van der Waals surface area contributed by atoms with E-state index in [0.717, 1.165) is 5.39 Å². The van der Waals surface area contributed by atoms with E-state index >= 15 is 0 Å². The SMILES string of the molecule is CC=CC(=O)OCc1c(Cl)ccc2cc(Cl)cnc12. The molecule has 0 spiro atoms. The standard InChI is InChI=1S/C14H11Cl2NO2/c1-2-3-13(18)19-8-11-12(16)5-4-9-6-10(15)7-17-14(9)11/h2-7H,8H2,1H3. The van der Waals surface area contributed by atoms with Crippen LogP contribution in [0.15, 0.2) is 36.5 Å². The van der Waals surface area contributed by atoms with Crippen molar-refractivity contribution in [2.24, 2.45) is 0 Å². The molecule has 0 unspecified atom stereocenters. The second-order valence-electron chi connectivity index (χ2n) is 3.86. The molecule has 98 valence electrons. The van der Waals surface area contributed by atoms with Crippen LogP contribution in [0, 0.1) is 0 Å². The number of ether oxygens (including phenoxy) is 1. The molecule has 3 nitrogen and oxygen atoms in total. The van der Waals surface area contributed by atoms with Gasteiger partial charge in [-0.05, 0) is 19.1 Å². The number of carbonyl (C=O) groups is 1. The van der Waals surface area contributed by atoms with E-state index in [9.17, 15) is 4.79 Å². The summed E-state index contributed by atoms with van der Waals surface area (Å²) in [5.74, 6) is -0.412. The Bertz CT molecular complexity index is 653. The van der Waals surface area contributed by atoms with Gasteiger partial charge in [-0.15, -0.1) is 0 Å². The number of pyridine rings is 1. The number of fused-ring (bicyclic) bond motifs is 1. The third-order valence-corrected chi connectivity index (χ3v) is 3.09. The highest BCUT2D eigenvalue weighted by atomic mass is 35.5. The third kappa shape index (κ3) is 3.25. The summed E-state index contributed by atoms with van der Waals surface area (Å²) in [6.45, 7) is 1.82. The van der Waals surface area contributed by atoms with Crippen LogP contribution >= 0.6 is 23.2 Å². The van der Waals surface area contributed by atoms with Crippen molar-refractivity contribution in [2.75, 3.05) is 0 Å². The van der Waals surface area contributed by atoms with Crippen molar-refractivity contribution in [1.29, 1.82) is 0 Å². The molecule has 0 bridgehead atoms. The topological polar surface area (TPSA) is 39.2 Å². The molecule has 5 heteroatoms. The molecule has 0 N–H and O–H groups in total. The van der Waals surface area contributed by atoms with E-state index in [1.165, 1.54) is 12.3 Å². The Morgan fingerprint density at radius 1 is 1.42 bits per heavy atom. The summed E-state index contributed by atoms with van der Waals surface area (Å²) in [6.07, 6.45) is 4.51. The molecular weight excluding hydrogens is 285 g/mol. The maximum atomic E-state index is 11.3. The number of benzene rings is 1. The van der Waals surface area contributed by atoms with Gasteiger partial charge in [-0.2, -0.15) is 0 Å². The second-order valence-corrected chi connectivity index (χ2v) is 4.70. The number of hydrogen-bond donors (Lipinski definition) is 0. The highest BCUT2D eigenvalue weighted by Gasteiger charge is 2.10. The van der Waals surface area contributed by atoms with E-state index in [1.807, 2.05) is 6.07 Å². The number of aromatic nitrogens is 1. The lowest BCUT2D eigenvalue weighted by Gasteiger charge is -2.08. The first-order valence-corrected chi connectivity index (χ1v) is 6.39. The molecule has 0 saturated carbocycles. The zero-order valence-corrected chi connectivity index (χ0v) is 11.7. The summed E-state index contributed by atoms with van der Waals surface area (Å²) < 4.78 is 5.10. The second kappa shape index (κ2) is 6.04. The first kappa shape index (κ1) is 13.8. The fourth-order valence-corrected chi connectivity index (χ4v) is 2.05. The van der Waals surface area contributed by atoms with Crippen molar-refractivity contribution in [3.63, 3.8) is 0 Å². The van der Waals surface area contributed by atoms with Crippen LogP contribution in [0.2, 0.25) is 10.0 Å². The van der Waals surface area contributed by atoms with Gasteiger partial charge in [0, 0.05) is 28.2 Å². The summed E-state index contributed by atoms with van der Waals surface area (Å²) in [7, 11) is 0. The molecular formula is C14H11Cl2NO2. The van der Waals surface area contributed by atoms with Gasteiger partial charge >= 0.3 is 5.97 Å². The predicted molar refractivity (Wildman–Crippen MR) is 76.4 cm³/mol. The fraction of sp³-hybridized carbons (Fsp3) is 0.143. The highest BCUT2D eigenvalue weighted by molar-refractivity contribution is 6.33. The van der Waals surface area contributed by atoms with E-state index in [2.05, 4.69) is 4.98 Å². The summed E-state index contributed by atoms with van der Waals surface area (Å²) in [4.78, 5) is 15.6. The van der Waals surface area contributed by atoms with Crippen molar-refractivity contribution < 1.29 is 9.53 Å². The summed E-state index contributed by atoms with van der Waals surface area (Å²) in [5, 5.41) is 1.91. The monoisotopic (exact) mass is 295 g/mol. The molecule has 0 radical (unpaired) electrons. The Morgan fingerprint density at radius 2 is 2.21 bits per heavy atom. The molecule has 0 atom stereocenters. The number of allylic oxidation sites excluding steroid dienone is 1. The van der Waals surface area contributed by atoms with Crippen molar-refractivity contribution in [1.82, 2.24) is 4.98 Å². The number of halogens is 2. The fourth-order valence-electron chi connectivity index (χ4n) is 1.68. The smallest absolute Gasteiger partial charge is 0.330 e. The average Bonchev–Trinajstić information content (AvgIpc) is 2.38.